The van der Waals surface area contributed by atoms with E-state index in [0.717, 1.165) is 35.5 Å². The minimum absolute atomic E-state index is 0.377. The van der Waals surface area contributed by atoms with E-state index in [-0.39, 0.29) is 0 Å². The maximum absolute atomic E-state index is 5.91. The van der Waals surface area contributed by atoms with Gasteiger partial charge in [-0.1, -0.05) is 6.92 Å². The first-order valence-electron chi connectivity index (χ1n) is 7.55. The monoisotopic (exact) mass is 305 g/mol. The Morgan fingerprint density at radius 2 is 2.10 bits per heavy atom. The molecular formula is C15H23N5S. The number of likely N-dealkylation sites (tertiary alicyclic amines) is 1. The number of piperidine rings is 1. The van der Waals surface area contributed by atoms with Crippen LogP contribution in [0, 0.1) is 0 Å². The highest BCUT2D eigenvalue weighted by Gasteiger charge is 2.24. The molecule has 0 spiro atoms. The number of aromatic nitrogens is 2. The van der Waals surface area contributed by atoms with Crippen LogP contribution < -0.4 is 10.6 Å². The smallest absolute Gasteiger partial charge is 0.223 e. The van der Waals surface area contributed by atoms with E-state index < -0.39 is 0 Å². The molecule has 1 aliphatic heterocycles. The van der Waals surface area contributed by atoms with E-state index in [9.17, 15) is 0 Å². The Bertz CT molecular complexity index is 630. The second-order valence-electron chi connectivity index (χ2n) is 5.84. The highest BCUT2D eigenvalue weighted by molar-refractivity contribution is 7.18. The van der Waals surface area contributed by atoms with Crippen molar-refractivity contribution in [2.45, 2.75) is 32.2 Å². The highest BCUT2D eigenvalue weighted by atomic mass is 32.1. The van der Waals surface area contributed by atoms with Gasteiger partial charge in [-0.05, 0) is 45.5 Å². The topological polar surface area (TPSA) is 58.3 Å². The van der Waals surface area contributed by atoms with Gasteiger partial charge in [0.2, 0.25) is 5.95 Å². The van der Waals surface area contributed by atoms with Crippen molar-refractivity contribution in [2.24, 2.45) is 0 Å². The zero-order chi connectivity index (χ0) is 15.0. The molecule has 0 radical (unpaired) electrons. The van der Waals surface area contributed by atoms with Gasteiger partial charge in [-0.15, -0.1) is 11.3 Å². The first kappa shape index (κ1) is 14.5. The van der Waals surface area contributed by atoms with Gasteiger partial charge in [0.1, 0.15) is 10.6 Å². The van der Waals surface area contributed by atoms with Gasteiger partial charge in [0.05, 0.1) is 5.39 Å². The molecule has 3 rings (SSSR count). The van der Waals surface area contributed by atoms with Gasteiger partial charge >= 0.3 is 0 Å². The van der Waals surface area contributed by atoms with Gasteiger partial charge in [-0.2, -0.15) is 4.98 Å². The van der Waals surface area contributed by atoms with Gasteiger partial charge in [-0.25, -0.2) is 4.98 Å². The molecule has 0 amide bonds. The van der Waals surface area contributed by atoms with Crippen LogP contribution in [0.2, 0.25) is 0 Å². The molecule has 5 nitrogen and oxygen atoms in total. The number of nitrogens with two attached hydrogens (primary N) is 1. The van der Waals surface area contributed by atoms with Crippen LogP contribution in [0.1, 0.15) is 24.6 Å². The first-order valence-corrected chi connectivity index (χ1v) is 8.37. The zero-order valence-corrected chi connectivity index (χ0v) is 13.8. The molecule has 6 heteroatoms. The average molecular weight is 305 g/mol. The molecule has 0 aliphatic carbocycles. The summed E-state index contributed by atoms with van der Waals surface area (Å²) in [7, 11) is 4.32. The number of fused-ring (bicyclic) bond motifs is 1. The third-order valence-corrected chi connectivity index (χ3v) is 5.53. The highest BCUT2D eigenvalue weighted by Crippen LogP contribution is 2.33. The van der Waals surface area contributed by atoms with E-state index in [1.807, 2.05) is 0 Å². The molecular weight excluding hydrogens is 282 g/mol. The third-order valence-electron chi connectivity index (χ3n) is 4.36. The Balaban J connectivity index is 1.96. The van der Waals surface area contributed by atoms with Crippen molar-refractivity contribution in [1.29, 1.82) is 0 Å². The van der Waals surface area contributed by atoms with Gasteiger partial charge in [-0.3, -0.25) is 0 Å². The van der Waals surface area contributed by atoms with Gasteiger partial charge in [0.15, 0.2) is 0 Å². The van der Waals surface area contributed by atoms with E-state index in [0.29, 0.717) is 12.0 Å². The van der Waals surface area contributed by atoms with Gasteiger partial charge < -0.3 is 15.5 Å². The Morgan fingerprint density at radius 1 is 1.38 bits per heavy atom. The fraction of sp³-hybridized carbons (Fsp3) is 0.600. The molecule has 3 heterocycles. The summed E-state index contributed by atoms with van der Waals surface area (Å²) in [6.07, 6.45) is 3.37. The number of thiophene rings is 1. The van der Waals surface area contributed by atoms with Crippen molar-refractivity contribution in [1.82, 2.24) is 14.9 Å². The lowest BCUT2D eigenvalue weighted by Gasteiger charge is -2.36. The van der Waals surface area contributed by atoms with Crippen molar-refractivity contribution >= 4 is 33.3 Å². The molecule has 0 aromatic carbocycles. The molecule has 2 aromatic rings. The molecule has 0 unspecified atom stereocenters. The number of anilines is 2. The van der Waals surface area contributed by atoms with Crippen molar-refractivity contribution in [3.63, 3.8) is 0 Å². The number of hydrogen-bond donors (Lipinski definition) is 1. The lowest BCUT2D eigenvalue weighted by atomic mass is 10.0. The summed E-state index contributed by atoms with van der Waals surface area (Å²) in [5.74, 6) is 1.37. The fourth-order valence-electron chi connectivity index (χ4n) is 2.97. The van der Waals surface area contributed by atoms with Crippen LogP contribution in [0.3, 0.4) is 0 Å². The van der Waals surface area contributed by atoms with Crippen molar-refractivity contribution in [2.75, 3.05) is 37.8 Å². The van der Waals surface area contributed by atoms with E-state index in [2.05, 4.69) is 46.9 Å². The SMILES string of the molecule is CCc1cc2c(N(C)C3CCN(C)CC3)nc(N)nc2s1. The summed E-state index contributed by atoms with van der Waals surface area (Å²) in [5.41, 5.74) is 5.91. The summed E-state index contributed by atoms with van der Waals surface area (Å²) in [4.78, 5) is 16.0. The molecule has 1 aliphatic rings. The van der Waals surface area contributed by atoms with Crippen LogP contribution in [0.4, 0.5) is 11.8 Å². The average Bonchev–Trinajstić information content (AvgIpc) is 2.89. The number of nitrogen functional groups attached to an aromatic ring is 1. The second-order valence-corrected chi connectivity index (χ2v) is 6.95. The predicted molar refractivity (Wildman–Crippen MR) is 90.1 cm³/mol. The molecule has 1 fully saturated rings. The van der Waals surface area contributed by atoms with Crippen LogP contribution in [-0.2, 0) is 6.42 Å². The second kappa shape index (κ2) is 5.77. The summed E-state index contributed by atoms with van der Waals surface area (Å²) in [5, 5.41) is 1.15. The largest absolute Gasteiger partial charge is 0.368 e. The van der Waals surface area contributed by atoms with Gasteiger partial charge in [0.25, 0.3) is 0 Å². The normalized spacial score (nSPS) is 17.5. The molecule has 114 valence electrons. The molecule has 2 N–H and O–H groups in total. The van der Waals surface area contributed by atoms with Crippen molar-refractivity contribution < 1.29 is 0 Å². The Hall–Kier alpha value is -1.40. The van der Waals surface area contributed by atoms with E-state index >= 15 is 0 Å². The molecule has 0 bridgehead atoms. The standard InChI is InChI=1S/C15H23N5S/c1-4-11-9-12-13(17-15(16)18-14(12)21-11)20(3)10-5-7-19(2)8-6-10/h9-10H,4-8H2,1-3H3,(H2,16,17,18). The van der Waals surface area contributed by atoms with Crippen LogP contribution >= 0.6 is 11.3 Å². The number of rotatable bonds is 3. The Kier molecular flexibility index (Phi) is 3.99. The molecule has 2 aromatic heterocycles. The lowest BCUT2D eigenvalue weighted by Crippen LogP contribution is -2.42. The summed E-state index contributed by atoms with van der Waals surface area (Å²) < 4.78 is 0. The lowest BCUT2D eigenvalue weighted by molar-refractivity contribution is 0.252. The Morgan fingerprint density at radius 3 is 2.76 bits per heavy atom. The molecule has 1 saturated heterocycles. The number of nitrogens with zero attached hydrogens (tertiary/aromatic N) is 4. The summed E-state index contributed by atoms with van der Waals surface area (Å²) >= 11 is 1.72. The third kappa shape index (κ3) is 2.82. The number of hydrogen-bond acceptors (Lipinski definition) is 6. The minimum Gasteiger partial charge on any atom is -0.368 e. The molecule has 0 atom stereocenters. The minimum atomic E-state index is 0.377. The predicted octanol–water partition coefficient (Wildman–Crippen LogP) is 2.37. The van der Waals surface area contributed by atoms with E-state index in [4.69, 9.17) is 5.73 Å². The number of aryl methyl sites for hydroxylation is 1. The zero-order valence-electron chi connectivity index (χ0n) is 13.0. The maximum Gasteiger partial charge on any atom is 0.223 e. The van der Waals surface area contributed by atoms with Crippen LogP contribution in [0.15, 0.2) is 6.07 Å². The quantitative estimate of drug-likeness (QED) is 0.943. The summed E-state index contributed by atoms with van der Waals surface area (Å²) in [6.45, 7) is 4.45. The maximum atomic E-state index is 5.91. The van der Waals surface area contributed by atoms with Crippen molar-refractivity contribution in [3.8, 4) is 0 Å². The summed E-state index contributed by atoms with van der Waals surface area (Å²) in [6, 6.07) is 2.75. The first-order chi connectivity index (χ1) is 10.1. The fourth-order valence-corrected chi connectivity index (χ4v) is 3.94. The van der Waals surface area contributed by atoms with Crippen LogP contribution in [-0.4, -0.2) is 48.1 Å². The van der Waals surface area contributed by atoms with Crippen LogP contribution in [0.25, 0.3) is 10.2 Å². The van der Waals surface area contributed by atoms with Crippen molar-refractivity contribution in [3.05, 3.63) is 10.9 Å². The molecule has 21 heavy (non-hydrogen) atoms. The Labute approximate surface area is 129 Å². The van der Waals surface area contributed by atoms with E-state index in [1.54, 1.807) is 11.3 Å². The van der Waals surface area contributed by atoms with Crippen LogP contribution in [0.5, 0.6) is 0 Å². The molecule has 0 saturated carbocycles. The van der Waals surface area contributed by atoms with Gasteiger partial charge in [0, 0.05) is 18.0 Å². The van der Waals surface area contributed by atoms with E-state index in [1.165, 1.54) is 17.7 Å².